The zero-order valence-corrected chi connectivity index (χ0v) is 15.1. The number of aliphatic hydroxyl groups excluding tert-OH is 1. The van der Waals surface area contributed by atoms with E-state index in [0.717, 1.165) is 17.4 Å². The number of carbonyl (C=O) groups is 1. The highest BCUT2D eigenvalue weighted by molar-refractivity contribution is 6.30. The summed E-state index contributed by atoms with van der Waals surface area (Å²) in [5.41, 5.74) is 2.43. The van der Waals surface area contributed by atoms with Gasteiger partial charge in [-0.2, -0.15) is 0 Å². The molecule has 6 heteroatoms. The van der Waals surface area contributed by atoms with Crippen molar-refractivity contribution < 1.29 is 14.3 Å². The average molecular weight is 385 g/mol. The molecule has 4 nitrogen and oxygen atoms in total. The summed E-state index contributed by atoms with van der Waals surface area (Å²) in [5, 5.41) is 16.2. The van der Waals surface area contributed by atoms with E-state index in [2.05, 4.69) is 10.6 Å². The molecule has 1 amide bonds. The molecule has 3 N–H and O–H groups in total. The third kappa shape index (κ3) is 5.29. The summed E-state index contributed by atoms with van der Waals surface area (Å²) in [7, 11) is 0. The van der Waals surface area contributed by atoms with E-state index in [1.54, 1.807) is 18.2 Å². The van der Waals surface area contributed by atoms with Gasteiger partial charge in [-0.25, -0.2) is 4.39 Å². The second kappa shape index (κ2) is 8.66. The van der Waals surface area contributed by atoms with Gasteiger partial charge in [-0.05, 0) is 54.1 Å². The number of nitrogens with one attached hydrogen (secondary N) is 2. The van der Waals surface area contributed by atoms with Crippen LogP contribution in [0.2, 0.25) is 5.02 Å². The predicted molar refractivity (Wildman–Crippen MR) is 105 cm³/mol. The lowest BCUT2D eigenvalue weighted by atomic mass is 10.1. The number of hydrogen-bond donors (Lipinski definition) is 3. The number of benzene rings is 3. The number of halogens is 2. The van der Waals surface area contributed by atoms with Crippen LogP contribution in [-0.4, -0.2) is 17.6 Å². The molecule has 0 aliphatic rings. The molecule has 1 unspecified atom stereocenters. The maximum atomic E-state index is 13.4. The highest BCUT2D eigenvalue weighted by Crippen LogP contribution is 2.20. The smallest absolute Gasteiger partial charge is 0.251 e. The Labute approximate surface area is 161 Å². The van der Waals surface area contributed by atoms with E-state index in [-0.39, 0.29) is 17.5 Å². The average Bonchev–Trinajstić information content (AvgIpc) is 2.66. The molecule has 1 atom stereocenters. The lowest BCUT2D eigenvalue weighted by Gasteiger charge is -2.13. The SMILES string of the molecule is O=C(NCC(O)c1cc(F)cc(Cl)c1)c1cccc(Nc2ccccc2)c1. The van der Waals surface area contributed by atoms with Crippen molar-refractivity contribution in [1.29, 1.82) is 0 Å². The highest BCUT2D eigenvalue weighted by atomic mass is 35.5. The molecule has 0 aliphatic carbocycles. The Balaban J connectivity index is 1.63. The van der Waals surface area contributed by atoms with Gasteiger partial charge < -0.3 is 15.7 Å². The van der Waals surface area contributed by atoms with E-state index < -0.39 is 11.9 Å². The molecule has 27 heavy (non-hydrogen) atoms. The van der Waals surface area contributed by atoms with Gasteiger partial charge in [0.2, 0.25) is 0 Å². The number of carbonyl (C=O) groups excluding carboxylic acids is 1. The molecule has 3 aromatic rings. The Morgan fingerprint density at radius 3 is 2.48 bits per heavy atom. The number of amides is 1. The van der Waals surface area contributed by atoms with Gasteiger partial charge in [0.15, 0.2) is 0 Å². The number of rotatable bonds is 6. The first-order chi connectivity index (χ1) is 13.0. The lowest BCUT2D eigenvalue weighted by molar-refractivity contribution is 0.0916. The molecule has 3 rings (SSSR count). The molecule has 0 heterocycles. The van der Waals surface area contributed by atoms with E-state index in [1.807, 2.05) is 36.4 Å². The van der Waals surface area contributed by atoms with Gasteiger partial charge in [0.1, 0.15) is 5.82 Å². The molecule has 0 saturated heterocycles. The van der Waals surface area contributed by atoms with Crippen LogP contribution in [0.5, 0.6) is 0 Å². The topological polar surface area (TPSA) is 61.4 Å². The molecule has 3 aromatic carbocycles. The minimum absolute atomic E-state index is 0.0606. The first-order valence-electron chi connectivity index (χ1n) is 8.35. The number of anilines is 2. The maximum Gasteiger partial charge on any atom is 0.251 e. The van der Waals surface area contributed by atoms with Crippen LogP contribution in [0.1, 0.15) is 22.0 Å². The van der Waals surface area contributed by atoms with Crippen molar-refractivity contribution in [3.8, 4) is 0 Å². The Morgan fingerprint density at radius 2 is 1.74 bits per heavy atom. The fourth-order valence-electron chi connectivity index (χ4n) is 2.60. The largest absolute Gasteiger partial charge is 0.387 e. The summed E-state index contributed by atoms with van der Waals surface area (Å²) in [4.78, 5) is 12.4. The van der Waals surface area contributed by atoms with E-state index in [0.29, 0.717) is 11.1 Å². The lowest BCUT2D eigenvalue weighted by Crippen LogP contribution is -2.28. The van der Waals surface area contributed by atoms with Crippen molar-refractivity contribution in [3.05, 3.63) is 94.8 Å². The van der Waals surface area contributed by atoms with Crippen molar-refractivity contribution in [2.24, 2.45) is 0 Å². The highest BCUT2D eigenvalue weighted by Gasteiger charge is 2.13. The molecule has 0 bridgehead atoms. The zero-order chi connectivity index (χ0) is 19.2. The van der Waals surface area contributed by atoms with Gasteiger partial charge in [-0.3, -0.25) is 4.79 Å². The quantitative estimate of drug-likeness (QED) is 0.578. The monoisotopic (exact) mass is 384 g/mol. The van der Waals surface area contributed by atoms with Crippen molar-refractivity contribution in [2.45, 2.75) is 6.10 Å². The summed E-state index contributed by atoms with van der Waals surface area (Å²) in [6, 6.07) is 20.4. The maximum absolute atomic E-state index is 13.4. The first kappa shape index (κ1) is 18.9. The predicted octanol–water partition coefficient (Wildman–Crippen LogP) is 4.69. The minimum atomic E-state index is -1.06. The normalized spacial score (nSPS) is 11.7. The molecule has 0 aromatic heterocycles. The zero-order valence-electron chi connectivity index (χ0n) is 14.3. The van der Waals surface area contributed by atoms with Crippen LogP contribution in [0.25, 0.3) is 0 Å². The Kier molecular flexibility index (Phi) is 6.06. The van der Waals surface area contributed by atoms with Crippen LogP contribution < -0.4 is 10.6 Å². The third-order valence-corrected chi connectivity index (χ3v) is 4.13. The van der Waals surface area contributed by atoms with Crippen LogP contribution in [0.3, 0.4) is 0 Å². The van der Waals surface area contributed by atoms with Crippen molar-refractivity contribution >= 4 is 28.9 Å². The van der Waals surface area contributed by atoms with E-state index in [1.165, 1.54) is 12.1 Å². The molecular weight excluding hydrogens is 367 g/mol. The Morgan fingerprint density at radius 1 is 1.00 bits per heavy atom. The summed E-state index contributed by atoms with van der Waals surface area (Å²) in [5.74, 6) is -0.879. The Bertz CT molecular complexity index is 914. The number of para-hydroxylation sites is 1. The first-order valence-corrected chi connectivity index (χ1v) is 8.73. The van der Waals surface area contributed by atoms with Crippen molar-refractivity contribution in [1.82, 2.24) is 5.32 Å². The van der Waals surface area contributed by atoms with Gasteiger partial charge in [0, 0.05) is 28.5 Å². The van der Waals surface area contributed by atoms with Gasteiger partial charge in [0.25, 0.3) is 5.91 Å². The van der Waals surface area contributed by atoms with E-state index >= 15 is 0 Å². The second-order valence-electron chi connectivity index (χ2n) is 6.00. The number of hydrogen-bond acceptors (Lipinski definition) is 3. The molecule has 0 fully saturated rings. The summed E-state index contributed by atoms with van der Waals surface area (Å²) in [6.07, 6.45) is -1.06. The number of aliphatic hydroxyl groups is 1. The Hall–Kier alpha value is -2.89. The fraction of sp³-hybridized carbons (Fsp3) is 0.0952. The van der Waals surface area contributed by atoms with Crippen LogP contribution in [-0.2, 0) is 0 Å². The van der Waals surface area contributed by atoms with Gasteiger partial charge in [-0.15, -0.1) is 0 Å². The van der Waals surface area contributed by atoms with Crippen LogP contribution >= 0.6 is 11.6 Å². The van der Waals surface area contributed by atoms with Crippen LogP contribution in [0.4, 0.5) is 15.8 Å². The summed E-state index contributed by atoms with van der Waals surface area (Å²) in [6.45, 7) is -0.0606. The summed E-state index contributed by atoms with van der Waals surface area (Å²) < 4.78 is 13.4. The van der Waals surface area contributed by atoms with Gasteiger partial charge >= 0.3 is 0 Å². The third-order valence-electron chi connectivity index (χ3n) is 3.91. The summed E-state index contributed by atoms with van der Waals surface area (Å²) >= 11 is 5.79. The second-order valence-corrected chi connectivity index (χ2v) is 6.44. The molecule has 138 valence electrons. The molecule has 0 aliphatic heterocycles. The standard InChI is InChI=1S/C21H18ClFN2O2/c22-16-9-15(10-17(23)12-16)20(26)13-24-21(27)14-5-4-8-19(11-14)25-18-6-2-1-3-7-18/h1-12,20,25-26H,13H2,(H,24,27). The van der Waals surface area contributed by atoms with Crippen molar-refractivity contribution in [2.75, 3.05) is 11.9 Å². The van der Waals surface area contributed by atoms with Crippen LogP contribution in [0.15, 0.2) is 72.8 Å². The fourth-order valence-corrected chi connectivity index (χ4v) is 2.83. The minimum Gasteiger partial charge on any atom is -0.387 e. The van der Waals surface area contributed by atoms with Gasteiger partial charge in [-0.1, -0.05) is 35.9 Å². The van der Waals surface area contributed by atoms with E-state index in [4.69, 9.17) is 11.6 Å². The van der Waals surface area contributed by atoms with Gasteiger partial charge in [0.05, 0.1) is 6.10 Å². The van der Waals surface area contributed by atoms with Crippen molar-refractivity contribution in [3.63, 3.8) is 0 Å². The molecule has 0 saturated carbocycles. The van der Waals surface area contributed by atoms with Crippen LogP contribution in [0, 0.1) is 5.82 Å². The molecular formula is C21H18ClFN2O2. The van der Waals surface area contributed by atoms with E-state index in [9.17, 15) is 14.3 Å². The molecule has 0 spiro atoms. The molecule has 0 radical (unpaired) electrons.